The summed E-state index contributed by atoms with van der Waals surface area (Å²) in [7, 11) is 1.57. The zero-order chi connectivity index (χ0) is 9.97. The molecule has 14 heavy (non-hydrogen) atoms. The molecular formula is C9H11N3O2. The van der Waals surface area contributed by atoms with Crippen LogP contribution >= 0.6 is 0 Å². The van der Waals surface area contributed by atoms with Crippen molar-refractivity contribution in [1.29, 1.82) is 0 Å². The quantitative estimate of drug-likeness (QED) is 0.716. The molecule has 1 saturated heterocycles. The Morgan fingerprint density at radius 2 is 2.43 bits per heavy atom. The molecule has 0 bridgehead atoms. The maximum atomic E-state index is 10.9. The Balaban J connectivity index is 2.13. The summed E-state index contributed by atoms with van der Waals surface area (Å²) in [6.45, 7) is 0.604. The first-order valence-electron chi connectivity index (χ1n) is 4.34. The van der Waals surface area contributed by atoms with E-state index in [0.29, 0.717) is 12.4 Å². The van der Waals surface area contributed by atoms with E-state index < -0.39 is 0 Å². The van der Waals surface area contributed by atoms with Gasteiger partial charge in [0.2, 0.25) is 5.88 Å². The lowest BCUT2D eigenvalue weighted by atomic mass is 10.1. The van der Waals surface area contributed by atoms with Gasteiger partial charge in [0, 0.05) is 18.8 Å². The molecule has 0 unspecified atom stereocenters. The number of pyridine rings is 1. The van der Waals surface area contributed by atoms with Crippen LogP contribution in [0.1, 0.15) is 11.6 Å². The Labute approximate surface area is 81.5 Å². The van der Waals surface area contributed by atoms with E-state index in [9.17, 15) is 4.79 Å². The van der Waals surface area contributed by atoms with Crippen LogP contribution < -0.4 is 15.4 Å². The van der Waals surface area contributed by atoms with Crippen LogP contribution in [-0.4, -0.2) is 24.7 Å². The van der Waals surface area contributed by atoms with Crippen molar-refractivity contribution in [2.45, 2.75) is 6.04 Å². The first-order valence-corrected chi connectivity index (χ1v) is 4.34. The fourth-order valence-corrected chi connectivity index (χ4v) is 1.37. The Hall–Kier alpha value is -1.78. The van der Waals surface area contributed by atoms with Crippen molar-refractivity contribution in [3.63, 3.8) is 0 Å². The summed E-state index contributed by atoms with van der Waals surface area (Å²) in [6.07, 6.45) is 1.71. The topological polar surface area (TPSA) is 63.2 Å². The van der Waals surface area contributed by atoms with Crippen molar-refractivity contribution >= 4 is 6.03 Å². The Morgan fingerprint density at radius 3 is 2.93 bits per heavy atom. The number of ether oxygens (including phenoxy) is 1. The average Bonchev–Trinajstić information content (AvgIpc) is 2.65. The summed E-state index contributed by atoms with van der Waals surface area (Å²) in [5, 5.41) is 5.46. The van der Waals surface area contributed by atoms with Crippen LogP contribution in [0.4, 0.5) is 4.79 Å². The van der Waals surface area contributed by atoms with E-state index in [0.717, 1.165) is 5.56 Å². The number of rotatable bonds is 2. The number of methoxy groups -OCH3 is 1. The lowest BCUT2D eigenvalue weighted by Crippen LogP contribution is -2.21. The third-order valence-corrected chi connectivity index (χ3v) is 2.14. The van der Waals surface area contributed by atoms with Gasteiger partial charge in [-0.25, -0.2) is 9.78 Å². The maximum Gasteiger partial charge on any atom is 0.315 e. The van der Waals surface area contributed by atoms with E-state index >= 15 is 0 Å². The first kappa shape index (κ1) is 8.80. The average molecular weight is 193 g/mol. The van der Waals surface area contributed by atoms with Crippen molar-refractivity contribution in [2.24, 2.45) is 0 Å². The van der Waals surface area contributed by atoms with Gasteiger partial charge in [-0.2, -0.15) is 0 Å². The number of hydrogen-bond donors (Lipinski definition) is 2. The zero-order valence-electron chi connectivity index (χ0n) is 7.78. The molecule has 1 aliphatic rings. The lowest BCUT2D eigenvalue weighted by Gasteiger charge is -2.08. The third-order valence-electron chi connectivity index (χ3n) is 2.14. The second kappa shape index (κ2) is 3.53. The van der Waals surface area contributed by atoms with Crippen LogP contribution in [-0.2, 0) is 0 Å². The standard InChI is InChI=1S/C9H11N3O2/c1-14-8-3-2-6(4-10-8)7-5-11-9(13)12-7/h2-4,7H,5H2,1H3,(H2,11,12,13)/t7-/m1/s1. The molecular weight excluding hydrogens is 182 g/mol. The van der Waals surface area contributed by atoms with Crippen molar-refractivity contribution in [3.8, 4) is 5.88 Å². The van der Waals surface area contributed by atoms with Crippen LogP contribution in [0.15, 0.2) is 18.3 Å². The fourth-order valence-electron chi connectivity index (χ4n) is 1.37. The number of carbonyl (C=O) groups is 1. The molecule has 1 atom stereocenters. The lowest BCUT2D eigenvalue weighted by molar-refractivity contribution is 0.247. The predicted octanol–water partition coefficient (Wildman–Crippen LogP) is 0.444. The molecule has 1 aromatic heterocycles. The minimum atomic E-state index is -0.134. The number of carbonyl (C=O) groups excluding carboxylic acids is 1. The van der Waals surface area contributed by atoms with Crippen molar-refractivity contribution < 1.29 is 9.53 Å². The molecule has 0 aliphatic carbocycles. The van der Waals surface area contributed by atoms with Gasteiger partial charge in [-0.15, -0.1) is 0 Å². The number of nitrogens with zero attached hydrogens (tertiary/aromatic N) is 1. The van der Waals surface area contributed by atoms with Crippen LogP contribution in [0.2, 0.25) is 0 Å². The highest BCUT2D eigenvalue weighted by Crippen LogP contribution is 2.16. The van der Waals surface area contributed by atoms with Gasteiger partial charge >= 0.3 is 6.03 Å². The molecule has 0 saturated carbocycles. The number of urea groups is 1. The van der Waals surface area contributed by atoms with E-state index in [-0.39, 0.29) is 12.1 Å². The molecule has 5 nitrogen and oxygen atoms in total. The number of aromatic nitrogens is 1. The highest BCUT2D eigenvalue weighted by atomic mass is 16.5. The molecule has 5 heteroatoms. The largest absolute Gasteiger partial charge is 0.481 e. The first-order chi connectivity index (χ1) is 6.79. The van der Waals surface area contributed by atoms with Crippen LogP contribution in [0, 0.1) is 0 Å². The highest BCUT2D eigenvalue weighted by molar-refractivity contribution is 5.76. The van der Waals surface area contributed by atoms with Gasteiger partial charge in [-0.05, 0) is 11.6 Å². The summed E-state index contributed by atoms with van der Waals surface area (Å²) in [6, 6.07) is 3.55. The zero-order valence-corrected chi connectivity index (χ0v) is 7.78. The van der Waals surface area contributed by atoms with Gasteiger partial charge in [0.1, 0.15) is 0 Å². The van der Waals surface area contributed by atoms with Gasteiger partial charge < -0.3 is 15.4 Å². The SMILES string of the molecule is COc1ccc([C@H]2CNC(=O)N2)cn1. The summed E-state index contributed by atoms with van der Waals surface area (Å²) < 4.78 is 4.94. The van der Waals surface area contributed by atoms with Crippen molar-refractivity contribution in [2.75, 3.05) is 13.7 Å². The highest BCUT2D eigenvalue weighted by Gasteiger charge is 2.21. The smallest absolute Gasteiger partial charge is 0.315 e. The van der Waals surface area contributed by atoms with Crippen LogP contribution in [0.3, 0.4) is 0 Å². The van der Waals surface area contributed by atoms with Gasteiger partial charge in [0.15, 0.2) is 0 Å². The summed E-state index contributed by atoms with van der Waals surface area (Å²) in [4.78, 5) is 14.9. The fraction of sp³-hybridized carbons (Fsp3) is 0.333. The number of hydrogen-bond acceptors (Lipinski definition) is 3. The molecule has 0 spiro atoms. The van der Waals surface area contributed by atoms with Crippen molar-refractivity contribution in [1.82, 2.24) is 15.6 Å². The van der Waals surface area contributed by atoms with E-state index in [2.05, 4.69) is 15.6 Å². The molecule has 0 aromatic carbocycles. The van der Waals surface area contributed by atoms with Gasteiger partial charge in [-0.3, -0.25) is 0 Å². The molecule has 1 aliphatic heterocycles. The summed E-state index contributed by atoms with van der Waals surface area (Å²) in [5.41, 5.74) is 0.976. The molecule has 2 amide bonds. The predicted molar refractivity (Wildman–Crippen MR) is 50.1 cm³/mol. The molecule has 1 fully saturated rings. The van der Waals surface area contributed by atoms with Crippen LogP contribution in [0.25, 0.3) is 0 Å². The van der Waals surface area contributed by atoms with Crippen LogP contribution in [0.5, 0.6) is 5.88 Å². The van der Waals surface area contributed by atoms with E-state index in [1.807, 2.05) is 6.07 Å². The normalized spacial score (nSPS) is 20.1. The van der Waals surface area contributed by atoms with Gasteiger partial charge in [0.05, 0.1) is 13.2 Å². The Bertz CT molecular complexity index is 336. The van der Waals surface area contributed by atoms with Gasteiger partial charge in [0.25, 0.3) is 0 Å². The molecule has 2 N–H and O–H groups in total. The second-order valence-electron chi connectivity index (χ2n) is 3.04. The molecule has 0 radical (unpaired) electrons. The Kier molecular flexibility index (Phi) is 2.22. The molecule has 74 valence electrons. The van der Waals surface area contributed by atoms with Gasteiger partial charge in [-0.1, -0.05) is 0 Å². The second-order valence-corrected chi connectivity index (χ2v) is 3.04. The summed E-state index contributed by atoms with van der Waals surface area (Å²) >= 11 is 0. The molecule has 2 heterocycles. The molecule has 2 rings (SSSR count). The van der Waals surface area contributed by atoms with E-state index in [1.54, 1.807) is 19.4 Å². The summed E-state index contributed by atoms with van der Waals surface area (Å²) in [5.74, 6) is 0.575. The van der Waals surface area contributed by atoms with E-state index in [4.69, 9.17) is 4.74 Å². The minimum absolute atomic E-state index is 0.0147. The van der Waals surface area contributed by atoms with E-state index in [1.165, 1.54) is 0 Å². The maximum absolute atomic E-state index is 10.9. The third kappa shape index (κ3) is 1.61. The minimum Gasteiger partial charge on any atom is -0.481 e. The van der Waals surface area contributed by atoms with Crippen molar-refractivity contribution in [3.05, 3.63) is 23.9 Å². The number of amides is 2. The monoisotopic (exact) mass is 193 g/mol. The molecule has 1 aromatic rings. The Morgan fingerprint density at radius 1 is 1.57 bits per heavy atom. The number of nitrogens with one attached hydrogen (secondary N) is 2.